The molecular formula is C7H12N2OS. The molecule has 1 heterocycles. The highest BCUT2D eigenvalue weighted by Gasteiger charge is 2.26. The molecular weight excluding hydrogens is 160 g/mol. The molecule has 0 aromatic rings. The van der Waals surface area contributed by atoms with Crippen LogP contribution in [0, 0.1) is 5.92 Å². The van der Waals surface area contributed by atoms with Gasteiger partial charge in [0, 0.05) is 13.0 Å². The molecule has 1 rings (SSSR count). The Bertz CT molecular complexity index is 193. The minimum Gasteiger partial charge on any atom is -0.392 e. The summed E-state index contributed by atoms with van der Waals surface area (Å²) in [5.41, 5.74) is 5.32. The van der Waals surface area contributed by atoms with E-state index < -0.39 is 0 Å². The van der Waals surface area contributed by atoms with Crippen LogP contribution in [0.1, 0.15) is 13.3 Å². The molecule has 0 bridgehead atoms. The number of carbonyl (C=O) groups excluding carboxylic acids is 1. The van der Waals surface area contributed by atoms with Gasteiger partial charge in [-0.2, -0.15) is 0 Å². The van der Waals surface area contributed by atoms with Gasteiger partial charge in [0.25, 0.3) is 0 Å². The first-order valence-electron chi connectivity index (χ1n) is 3.65. The van der Waals surface area contributed by atoms with Crippen LogP contribution in [0.25, 0.3) is 0 Å². The van der Waals surface area contributed by atoms with Gasteiger partial charge in [-0.25, -0.2) is 0 Å². The number of carbonyl (C=O) groups is 1. The van der Waals surface area contributed by atoms with Crippen LogP contribution in [0.3, 0.4) is 0 Å². The first-order chi connectivity index (χ1) is 5.09. The SMILES string of the molecule is CC1CC(=O)N(CC(N)=S)C1. The third-order valence-electron chi connectivity index (χ3n) is 1.75. The first kappa shape index (κ1) is 8.46. The highest BCUT2D eigenvalue weighted by molar-refractivity contribution is 7.80. The molecule has 1 atom stereocenters. The molecule has 0 aromatic heterocycles. The fourth-order valence-corrected chi connectivity index (χ4v) is 1.47. The smallest absolute Gasteiger partial charge is 0.223 e. The van der Waals surface area contributed by atoms with E-state index in [4.69, 9.17) is 18.0 Å². The maximum Gasteiger partial charge on any atom is 0.223 e. The lowest BCUT2D eigenvalue weighted by Crippen LogP contribution is -2.33. The standard InChI is InChI=1S/C7H12N2OS/c1-5-2-7(10)9(3-5)4-6(8)11/h5H,2-4H2,1H3,(H2,8,11). The Morgan fingerprint density at radius 2 is 2.55 bits per heavy atom. The second-order valence-corrected chi connectivity index (χ2v) is 3.57. The molecule has 1 aliphatic heterocycles. The zero-order valence-corrected chi connectivity index (χ0v) is 7.36. The quantitative estimate of drug-likeness (QED) is 0.603. The van der Waals surface area contributed by atoms with Gasteiger partial charge >= 0.3 is 0 Å². The summed E-state index contributed by atoms with van der Waals surface area (Å²) in [6, 6.07) is 0. The molecule has 0 spiro atoms. The van der Waals surface area contributed by atoms with E-state index in [1.807, 2.05) is 0 Å². The number of amides is 1. The van der Waals surface area contributed by atoms with Gasteiger partial charge in [0.1, 0.15) is 0 Å². The summed E-state index contributed by atoms with van der Waals surface area (Å²) in [6.45, 7) is 3.30. The largest absolute Gasteiger partial charge is 0.392 e. The molecule has 11 heavy (non-hydrogen) atoms. The van der Waals surface area contributed by atoms with Gasteiger partial charge in [0.05, 0.1) is 11.5 Å². The Labute approximate surface area is 71.5 Å². The Hall–Kier alpha value is -0.640. The lowest BCUT2D eigenvalue weighted by molar-refractivity contribution is -0.127. The van der Waals surface area contributed by atoms with Gasteiger partial charge in [0.2, 0.25) is 5.91 Å². The van der Waals surface area contributed by atoms with E-state index in [1.54, 1.807) is 4.90 Å². The number of thiocarbonyl (C=S) groups is 1. The maximum absolute atomic E-state index is 11.1. The van der Waals surface area contributed by atoms with Gasteiger partial charge in [-0.1, -0.05) is 19.1 Å². The van der Waals surface area contributed by atoms with Crippen molar-refractivity contribution in [2.24, 2.45) is 11.7 Å². The lowest BCUT2D eigenvalue weighted by atomic mass is 10.2. The van der Waals surface area contributed by atoms with Gasteiger partial charge in [-0.05, 0) is 5.92 Å². The first-order valence-corrected chi connectivity index (χ1v) is 4.06. The Balaban J connectivity index is 2.47. The van der Waals surface area contributed by atoms with E-state index in [2.05, 4.69) is 6.92 Å². The Kier molecular flexibility index (Phi) is 2.44. The minimum absolute atomic E-state index is 0.172. The molecule has 62 valence electrons. The number of likely N-dealkylation sites (tertiary alicyclic amines) is 1. The van der Waals surface area contributed by atoms with Crippen LogP contribution >= 0.6 is 12.2 Å². The fraction of sp³-hybridized carbons (Fsp3) is 0.714. The van der Waals surface area contributed by atoms with E-state index in [0.717, 1.165) is 6.54 Å². The van der Waals surface area contributed by atoms with Crippen LogP contribution in [0.5, 0.6) is 0 Å². The molecule has 4 heteroatoms. The van der Waals surface area contributed by atoms with Crippen molar-refractivity contribution in [3.8, 4) is 0 Å². The van der Waals surface area contributed by atoms with Crippen molar-refractivity contribution < 1.29 is 4.79 Å². The second-order valence-electron chi connectivity index (χ2n) is 3.05. The third-order valence-corrected chi connectivity index (χ3v) is 1.88. The van der Waals surface area contributed by atoms with Gasteiger partial charge in [0.15, 0.2) is 0 Å². The zero-order chi connectivity index (χ0) is 8.43. The van der Waals surface area contributed by atoms with Gasteiger partial charge in [-0.15, -0.1) is 0 Å². The fourth-order valence-electron chi connectivity index (χ4n) is 1.31. The highest BCUT2D eigenvalue weighted by Crippen LogP contribution is 2.15. The van der Waals surface area contributed by atoms with Crippen LogP contribution in [-0.2, 0) is 4.79 Å². The summed E-state index contributed by atoms with van der Waals surface area (Å²) >= 11 is 4.71. The monoisotopic (exact) mass is 172 g/mol. The molecule has 0 aliphatic carbocycles. The summed E-state index contributed by atoms with van der Waals surface area (Å²) in [5.74, 6) is 0.627. The van der Waals surface area contributed by atoms with Crippen LogP contribution in [0.4, 0.5) is 0 Å². The van der Waals surface area contributed by atoms with Crippen LogP contribution in [0.15, 0.2) is 0 Å². The van der Waals surface area contributed by atoms with Gasteiger partial charge < -0.3 is 10.6 Å². The molecule has 1 amide bonds. The van der Waals surface area contributed by atoms with Gasteiger partial charge in [-0.3, -0.25) is 4.79 Å². The van der Waals surface area contributed by atoms with E-state index >= 15 is 0 Å². The van der Waals surface area contributed by atoms with E-state index in [1.165, 1.54) is 0 Å². The highest BCUT2D eigenvalue weighted by atomic mass is 32.1. The summed E-state index contributed by atoms with van der Waals surface area (Å²) in [7, 11) is 0. The summed E-state index contributed by atoms with van der Waals surface area (Å²) in [6.07, 6.45) is 0.641. The molecule has 0 aromatic carbocycles. The average molecular weight is 172 g/mol. The number of hydrogen-bond acceptors (Lipinski definition) is 2. The molecule has 1 fully saturated rings. The van der Waals surface area contributed by atoms with E-state index in [0.29, 0.717) is 23.9 Å². The maximum atomic E-state index is 11.1. The number of hydrogen-bond donors (Lipinski definition) is 1. The zero-order valence-electron chi connectivity index (χ0n) is 6.54. The minimum atomic E-state index is 0.172. The van der Waals surface area contributed by atoms with Crippen LogP contribution in [-0.4, -0.2) is 28.9 Å². The average Bonchev–Trinajstić information content (AvgIpc) is 2.09. The third kappa shape index (κ3) is 2.15. The van der Waals surface area contributed by atoms with Crippen molar-refractivity contribution in [1.82, 2.24) is 4.90 Å². The lowest BCUT2D eigenvalue weighted by Gasteiger charge is -2.13. The summed E-state index contributed by atoms with van der Waals surface area (Å²) in [5, 5.41) is 0. The van der Waals surface area contributed by atoms with E-state index in [9.17, 15) is 4.79 Å². The molecule has 0 radical (unpaired) electrons. The number of nitrogens with two attached hydrogens (primary N) is 1. The van der Waals surface area contributed by atoms with Crippen molar-refractivity contribution in [3.63, 3.8) is 0 Å². The second kappa shape index (κ2) is 3.17. The van der Waals surface area contributed by atoms with Crippen molar-refractivity contribution in [1.29, 1.82) is 0 Å². The van der Waals surface area contributed by atoms with Crippen LogP contribution < -0.4 is 5.73 Å². The van der Waals surface area contributed by atoms with Crippen molar-refractivity contribution in [2.45, 2.75) is 13.3 Å². The van der Waals surface area contributed by atoms with Crippen molar-refractivity contribution >= 4 is 23.1 Å². The van der Waals surface area contributed by atoms with Crippen molar-refractivity contribution in [3.05, 3.63) is 0 Å². The molecule has 1 saturated heterocycles. The Morgan fingerprint density at radius 3 is 2.91 bits per heavy atom. The molecule has 3 nitrogen and oxygen atoms in total. The molecule has 0 saturated carbocycles. The molecule has 1 unspecified atom stereocenters. The van der Waals surface area contributed by atoms with E-state index in [-0.39, 0.29) is 5.91 Å². The number of nitrogens with zero attached hydrogens (tertiary/aromatic N) is 1. The van der Waals surface area contributed by atoms with Crippen molar-refractivity contribution in [2.75, 3.05) is 13.1 Å². The predicted molar refractivity (Wildman–Crippen MR) is 47.1 cm³/mol. The number of rotatable bonds is 2. The topological polar surface area (TPSA) is 46.3 Å². The Morgan fingerprint density at radius 1 is 1.91 bits per heavy atom. The summed E-state index contributed by atoms with van der Waals surface area (Å²) in [4.78, 5) is 13.2. The van der Waals surface area contributed by atoms with Crippen LogP contribution in [0.2, 0.25) is 0 Å². The molecule has 2 N–H and O–H groups in total. The summed E-state index contributed by atoms with van der Waals surface area (Å²) < 4.78 is 0. The molecule has 1 aliphatic rings. The normalized spacial score (nSPS) is 24.3. The predicted octanol–water partition coefficient (Wildman–Crippen LogP) is 0.141.